The molecule has 0 atom stereocenters. The third-order valence-corrected chi connectivity index (χ3v) is 2.44. The third-order valence-electron chi connectivity index (χ3n) is 2.18. The second-order valence-corrected chi connectivity index (χ2v) is 3.98. The van der Waals surface area contributed by atoms with Gasteiger partial charge in [-0.05, 0) is 38.9 Å². The molecule has 0 amide bonds. The lowest BCUT2D eigenvalue weighted by atomic mass is 10.4. The van der Waals surface area contributed by atoms with Crippen molar-refractivity contribution in [3.05, 3.63) is 12.2 Å². The van der Waals surface area contributed by atoms with Crippen molar-refractivity contribution in [1.82, 2.24) is 4.90 Å². The van der Waals surface area contributed by atoms with Crippen LogP contribution in [0.2, 0.25) is 0 Å². The minimum absolute atomic E-state index is 0.558. The van der Waals surface area contributed by atoms with Crippen LogP contribution in [0.1, 0.15) is 19.3 Å². The fourth-order valence-corrected chi connectivity index (χ4v) is 1.55. The number of likely N-dealkylation sites (tertiary alicyclic amines) is 1. The van der Waals surface area contributed by atoms with Crippen molar-refractivity contribution in [3.63, 3.8) is 0 Å². The molecule has 2 N–H and O–H groups in total. The summed E-state index contributed by atoms with van der Waals surface area (Å²) in [4.78, 5) is 21.6. The highest BCUT2D eigenvalue weighted by atomic mass is 35.5. The molecule has 0 bridgehead atoms. The van der Waals surface area contributed by atoms with Crippen molar-refractivity contribution >= 4 is 23.5 Å². The molecule has 6 heteroatoms. The summed E-state index contributed by atoms with van der Waals surface area (Å²) in [6.45, 7) is 3.82. The summed E-state index contributed by atoms with van der Waals surface area (Å²) in [5.74, 6) is -1.70. The number of carboxylic acids is 2. The summed E-state index contributed by atoms with van der Waals surface area (Å²) in [5, 5.41) is 15.6. The predicted molar refractivity (Wildman–Crippen MR) is 65.4 cm³/mol. The van der Waals surface area contributed by atoms with E-state index in [-0.39, 0.29) is 0 Å². The van der Waals surface area contributed by atoms with Gasteiger partial charge in [-0.15, -0.1) is 11.6 Å². The quantitative estimate of drug-likeness (QED) is 0.579. The maximum absolute atomic E-state index is 9.55. The van der Waals surface area contributed by atoms with E-state index in [9.17, 15) is 9.59 Å². The number of aliphatic carboxylic acids is 2. The highest BCUT2D eigenvalue weighted by molar-refractivity contribution is 6.17. The number of hydrogen-bond donors (Lipinski definition) is 2. The molecular weight excluding hydrogens is 246 g/mol. The molecule has 0 aromatic rings. The Bertz CT molecular complexity index is 246. The Balaban J connectivity index is 0.000000304. The summed E-state index contributed by atoms with van der Waals surface area (Å²) >= 11 is 5.55. The molecule has 1 saturated heterocycles. The van der Waals surface area contributed by atoms with Gasteiger partial charge in [-0.1, -0.05) is 0 Å². The lowest BCUT2D eigenvalue weighted by Gasteiger charge is -2.12. The van der Waals surface area contributed by atoms with Crippen molar-refractivity contribution in [3.8, 4) is 0 Å². The van der Waals surface area contributed by atoms with Gasteiger partial charge in [0.05, 0.1) is 0 Å². The summed E-state index contributed by atoms with van der Waals surface area (Å²) < 4.78 is 0. The smallest absolute Gasteiger partial charge is 0.328 e. The highest BCUT2D eigenvalue weighted by Gasteiger charge is 2.09. The van der Waals surface area contributed by atoms with Gasteiger partial charge >= 0.3 is 11.9 Å². The maximum atomic E-state index is 9.55. The van der Waals surface area contributed by atoms with Crippen LogP contribution in [0.3, 0.4) is 0 Å². The van der Waals surface area contributed by atoms with Gasteiger partial charge in [0.25, 0.3) is 0 Å². The summed E-state index contributed by atoms with van der Waals surface area (Å²) in [7, 11) is 0. The van der Waals surface area contributed by atoms with Crippen LogP contribution >= 0.6 is 11.6 Å². The fraction of sp³-hybridized carbons (Fsp3) is 0.636. The Morgan fingerprint density at radius 1 is 1.12 bits per heavy atom. The zero-order valence-electron chi connectivity index (χ0n) is 9.64. The zero-order valence-corrected chi connectivity index (χ0v) is 10.4. The van der Waals surface area contributed by atoms with E-state index >= 15 is 0 Å². The van der Waals surface area contributed by atoms with Crippen molar-refractivity contribution in [2.24, 2.45) is 0 Å². The third kappa shape index (κ3) is 11.2. The first kappa shape index (κ1) is 15.9. The largest absolute Gasteiger partial charge is 0.478 e. The fourth-order valence-electron chi connectivity index (χ4n) is 1.43. The zero-order chi connectivity index (χ0) is 13.1. The molecule has 0 aliphatic carbocycles. The second kappa shape index (κ2) is 10.1. The molecule has 98 valence electrons. The van der Waals surface area contributed by atoms with E-state index in [2.05, 4.69) is 4.90 Å². The Labute approximate surface area is 106 Å². The molecular formula is C11H18ClNO4. The van der Waals surface area contributed by atoms with E-state index in [1.807, 2.05) is 0 Å². The minimum Gasteiger partial charge on any atom is -0.478 e. The van der Waals surface area contributed by atoms with E-state index < -0.39 is 11.9 Å². The molecule has 0 radical (unpaired) electrons. The van der Waals surface area contributed by atoms with Gasteiger partial charge < -0.3 is 15.1 Å². The first-order valence-corrected chi connectivity index (χ1v) is 6.02. The molecule has 0 aromatic carbocycles. The normalized spacial score (nSPS) is 15.6. The van der Waals surface area contributed by atoms with E-state index in [0.717, 1.165) is 12.3 Å². The van der Waals surface area contributed by atoms with Gasteiger partial charge in [-0.2, -0.15) is 0 Å². The van der Waals surface area contributed by atoms with Gasteiger partial charge in [0.15, 0.2) is 0 Å². The predicted octanol–water partition coefficient (Wildman–Crippen LogP) is 1.42. The molecule has 0 saturated carbocycles. The maximum Gasteiger partial charge on any atom is 0.328 e. The molecule has 0 aromatic heterocycles. The number of nitrogens with zero attached hydrogens (tertiary/aromatic N) is 1. The molecule has 1 fully saturated rings. The van der Waals surface area contributed by atoms with Crippen LogP contribution in [-0.4, -0.2) is 52.6 Å². The molecule has 1 aliphatic heterocycles. The van der Waals surface area contributed by atoms with Crippen LogP contribution in [-0.2, 0) is 9.59 Å². The molecule has 1 aliphatic rings. The molecule has 17 heavy (non-hydrogen) atoms. The summed E-state index contributed by atoms with van der Waals surface area (Å²) in [6, 6.07) is 0. The van der Waals surface area contributed by atoms with Crippen LogP contribution in [0.25, 0.3) is 0 Å². The lowest BCUT2D eigenvalue weighted by molar-refractivity contribution is -0.134. The van der Waals surface area contributed by atoms with Gasteiger partial charge in [-0.25, -0.2) is 9.59 Å². The number of halogens is 1. The lowest BCUT2D eigenvalue weighted by Crippen LogP contribution is -2.20. The standard InChI is InChI=1S/C7H14ClN.C4H4O4/c8-4-3-7-9-5-1-2-6-9;5-3(6)1-2-4(7)8/h1-7H2;1-2H,(H,5,6)(H,7,8)/b;2-1+. The van der Waals surface area contributed by atoms with Crippen LogP contribution in [0.4, 0.5) is 0 Å². The first-order chi connectivity index (χ1) is 8.06. The second-order valence-electron chi connectivity index (χ2n) is 3.60. The van der Waals surface area contributed by atoms with Gasteiger partial charge in [0.1, 0.15) is 0 Å². The van der Waals surface area contributed by atoms with Crippen molar-refractivity contribution < 1.29 is 19.8 Å². The average Bonchev–Trinajstić information content (AvgIpc) is 2.77. The summed E-state index contributed by atoms with van der Waals surface area (Å²) in [5.41, 5.74) is 0. The summed E-state index contributed by atoms with van der Waals surface area (Å²) in [6.07, 6.45) is 5.05. The number of rotatable bonds is 5. The van der Waals surface area contributed by atoms with Crippen molar-refractivity contribution in [2.45, 2.75) is 19.3 Å². The van der Waals surface area contributed by atoms with Crippen molar-refractivity contribution in [2.75, 3.05) is 25.5 Å². The molecule has 1 heterocycles. The Kier molecular flexibility index (Phi) is 9.47. The molecule has 5 nitrogen and oxygen atoms in total. The Morgan fingerprint density at radius 2 is 1.59 bits per heavy atom. The topological polar surface area (TPSA) is 77.8 Å². The van der Waals surface area contributed by atoms with Gasteiger partial charge in [-0.3, -0.25) is 0 Å². The van der Waals surface area contributed by atoms with Crippen LogP contribution in [0.15, 0.2) is 12.2 Å². The van der Waals surface area contributed by atoms with Crippen LogP contribution in [0, 0.1) is 0 Å². The molecule has 1 rings (SSSR count). The van der Waals surface area contributed by atoms with Gasteiger partial charge in [0, 0.05) is 18.0 Å². The highest BCUT2D eigenvalue weighted by Crippen LogP contribution is 2.07. The molecule has 0 unspecified atom stereocenters. The molecule has 0 spiro atoms. The minimum atomic E-state index is -1.26. The average molecular weight is 264 g/mol. The van der Waals surface area contributed by atoms with Crippen LogP contribution in [0.5, 0.6) is 0 Å². The number of carboxylic acid groups (broad SMARTS) is 2. The van der Waals surface area contributed by atoms with E-state index in [4.69, 9.17) is 21.8 Å². The monoisotopic (exact) mass is 263 g/mol. The van der Waals surface area contributed by atoms with E-state index in [1.54, 1.807) is 0 Å². The van der Waals surface area contributed by atoms with Crippen LogP contribution < -0.4 is 0 Å². The van der Waals surface area contributed by atoms with E-state index in [1.165, 1.54) is 32.5 Å². The SMILES string of the molecule is ClCCCN1CCCC1.O=C(O)/C=C/C(=O)O. The first-order valence-electron chi connectivity index (χ1n) is 5.48. The number of alkyl halides is 1. The Morgan fingerprint density at radius 3 is 1.94 bits per heavy atom. The number of carbonyl (C=O) groups is 2. The van der Waals surface area contributed by atoms with E-state index in [0.29, 0.717) is 12.2 Å². The number of hydrogen-bond acceptors (Lipinski definition) is 3. The Hall–Kier alpha value is -1.07. The van der Waals surface area contributed by atoms with Crippen molar-refractivity contribution in [1.29, 1.82) is 0 Å². The van der Waals surface area contributed by atoms with Gasteiger partial charge in [0.2, 0.25) is 0 Å².